The Hall–Kier alpha value is -2.38. The van der Waals surface area contributed by atoms with Crippen LogP contribution in [0.3, 0.4) is 0 Å². The quantitative estimate of drug-likeness (QED) is 0.761. The van der Waals surface area contributed by atoms with Crippen LogP contribution < -0.4 is 11.1 Å². The van der Waals surface area contributed by atoms with Crippen LogP contribution in [0.15, 0.2) is 53.4 Å². The number of benzene rings is 2. The van der Waals surface area contributed by atoms with E-state index in [-0.39, 0.29) is 5.91 Å². The monoisotopic (exact) mass is 373 g/mol. The number of para-hydroxylation sites is 2. The van der Waals surface area contributed by atoms with Crippen LogP contribution in [0.4, 0.5) is 11.4 Å². The molecule has 0 bridgehead atoms. The van der Waals surface area contributed by atoms with E-state index in [0.717, 1.165) is 18.4 Å². The molecule has 1 amide bonds. The number of hydrogen-bond acceptors (Lipinski definition) is 4. The molecule has 2 aromatic carbocycles. The van der Waals surface area contributed by atoms with Crippen molar-refractivity contribution in [3.05, 3.63) is 54.1 Å². The van der Waals surface area contributed by atoms with E-state index >= 15 is 0 Å². The zero-order valence-corrected chi connectivity index (χ0v) is 15.3. The van der Waals surface area contributed by atoms with Gasteiger partial charge in [-0.2, -0.15) is 4.31 Å². The molecule has 0 saturated carbocycles. The summed E-state index contributed by atoms with van der Waals surface area (Å²) in [5.74, 6) is -0.128. The summed E-state index contributed by atoms with van der Waals surface area (Å²) < 4.78 is 26.5. The molecule has 2 aromatic rings. The lowest BCUT2D eigenvalue weighted by molar-refractivity contribution is -0.116. The highest BCUT2D eigenvalue weighted by Crippen LogP contribution is 2.21. The van der Waals surface area contributed by atoms with Gasteiger partial charge in [0.15, 0.2) is 0 Å². The van der Waals surface area contributed by atoms with Crippen molar-refractivity contribution in [2.45, 2.75) is 30.6 Å². The number of nitrogen functional groups attached to an aromatic ring is 1. The fraction of sp³-hybridized carbons (Fsp3) is 0.316. The van der Waals surface area contributed by atoms with Gasteiger partial charge in [-0.1, -0.05) is 24.3 Å². The molecule has 1 aliphatic rings. The van der Waals surface area contributed by atoms with Gasteiger partial charge in [0.1, 0.15) is 0 Å². The van der Waals surface area contributed by atoms with E-state index in [0.29, 0.717) is 42.2 Å². The second-order valence-corrected chi connectivity index (χ2v) is 8.33. The predicted octanol–water partition coefficient (Wildman–Crippen LogP) is 2.62. The number of nitrogens with zero attached hydrogens (tertiary/aromatic N) is 1. The summed E-state index contributed by atoms with van der Waals surface area (Å²) in [6.45, 7) is 1.18. The van der Waals surface area contributed by atoms with Crippen molar-refractivity contribution in [3.8, 4) is 0 Å². The molecule has 6 nitrogen and oxygen atoms in total. The fourth-order valence-electron chi connectivity index (χ4n) is 2.99. The van der Waals surface area contributed by atoms with Gasteiger partial charge in [0.2, 0.25) is 15.9 Å². The summed E-state index contributed by atoms with van der Waals surface area (Å²) >= 11 is 0. The lowest BCUT2D eigenvalue weighted by Gasteiger charge is -2.15. The van der Waals surface area contributed by atoms with Gasteiger partial charge in [0, 0.05) is 19.5 Å². The summed E-state index contributed by atoms with van der Waals surface area (Å²) in [4.78, 5) is 12.4. The summed E-state index contributed by atoms with van der Waals surface area (Å²) in [6, 6.07) is 13.9. The number of sulfonamides is 1. The van der Waals surface area contributed by atoms with E-state index in [1.807, 2.05) is 12.1 Å². The first-order chi connectivity index (χ1) is 12.5. The van der Waals surface area contributed by atoms with Crippen molar-refractivity contribution in [2.75, 3.05) is 24.1 Å². The number of nitrogens with two attached hydrogens (primary N) is 1. The molecular weight excluding hydrogens is 350 g/mol. The number of hydrogen-bond donors (Lipinski definition) is 2. The number of nitrogens with one attached hydrogen (secondary N) is 1. The Kier molecular flexibility index (Phi) is 5.58. The summed E-state index contributed by atoms with van der Waals surface area (Å²) in [5.41, 5.74) is 7.85. The van der Waals surface area contributed by atoms with Gasteiger partial charge in [-0.3, -0.25) is 4.79 Å². The van der Waals surface area contributed by atoms with Gasteiger partial charge in [-0.15, -0.1) is 0 Å². The van der Waals surface area contributed by atoms with Crippen LogP contribution in [0.1, 0.15) is 24.8 Å². The molecule has 3 N–H and O–H groups in total. The first-order valence-electron chi connectivity index (χ1n) is 8.70. The van der Waals surface area contributed by atoms with E-state index < -0.39 is 10.0 Å². The molecule has 0 atom stereocenters. The maximum atomic E-state index is 12.5. The molecule has 7 heteroatoms. The molecule has 0 unspecified atom stereocenters. The van der Waals surface area contributed by atoms with E-state index in [2.05, 4.69) is 5.32 Å². The molecule has 1 heterocycles. The summed E-state index contributed by atoms with van der Waals surface area (Å²) in [6.07, 6.45) is 2.66. The Morgan fingerprint density at radius 2 is 1.69 bits per heavy atom. The molecule has 1 saturated heterocycles. The average Bonchev–Trinajstić information content (AvgIpc) is 3.18. The standard InChI is InChI=1S/C19H23N3O3S/c20-17-5-1-2-6-18(17)21-19(23)12-9-15-7-10-16(11-8-15)26(24,25)22-13-3-4-14-22/h1-2,5-8,10-11H,3-4,9,12-14,20H2,(H,21,23). The molecule has 0 radical (unpaired) electrons. The number of anilines is 2. The number of carbonyl (C=O) groups excluding carboxylic acids is 1. The summed E-state index contributed by atoms with van der Waals surface area (Å²) in [5, 5.41) is 2.79. The normalized spacial score (nSPS) is 15.1. The Morgan fingerprint density at radius 1 is 1.04 bits per heavy atom. The van der Waals surface area contributed by atoms with Crippen LogP contribution in [-0.4, -0.2) is 31.7 Å². The molecule has 1 fully saturated rings. The molecule has 1 aliphatic heterocycles. The predicted molar refractivity (Wildman–Crippen MR) is 102 cm³/mol. The lowest BCUT2D eigenvalue weighted by Crippen LogP contribution is -2.27. The van der Waals surface area contributed by atoms with Crippen molar-refractivity contribution in [1.29, 1.82) is 0 Å². The Morgan fingerprint density at radius 3 is 2.35 bits per heavy atom. The minimum absolute atomic E-state index is 0.128. The van der Waals surface area contributed by atoms with Gasteiger partial charge >= 0.3 is 0 Å². The SMILES string of the molecule is Nc1ccccc1NC(=O)CCc1ccc(S(=O)(=O)N2CCCC2)cc1. The number of aryl methyl sites for hydroxylation is 1. The molecule has 138 valence electrons. The highest BCUT2D eigenvalue weighted by molar-refractivity contribution is 7.89. The van der Waals surface area contributed by atoms with Crippen LogP contribution >= 0.6 is 0 Å². The van der Waals surface area contributed by atoms with Crippen molar-refractivity contribution < 1.29 is 13.2 Å². The smallest absolute Gasteiger partial charge is 0.243 e. The van der Waals surface area contributed by atoms with E-state index in [4.69, 9.17) is 5.73 Å². The van der Waals surface area contributed by atoms with Crippen LogP contribution in [0.2, 0.25) is 0 Å². The third-order valence-corrected chi connectivity index (χ3v) is 6.41. The van der Waals surface area contributed by atoms with Crippen molar-refractivity contribution in [1.82, 2.24) is 4.31 Å². The van der Waals surface area contributed by atoms with E-state index in [1.165, 1.54) is 4.31 Å². The zero-order chi connectivity index (χ0) is 18.6. The Bertz CT molecular complexity index is 873. The number of rotatable bonds is 6. The Labute approximate surface area is 154 Å². The van der Waals surface area contributed by atoms with Gasteiger partial charge in [-0.05, 0) is 49.1 Å². The topological polar surface area (TPSA) is 92.5 Å². The first-order valence-corrected chi connectivity index (χ1v) is 10.1. The van der Waals surface area contributed by atoms with Gasteiger partial charge in [0.25, 0.3) is 0 Å². The highest BCUT2D eigenvalue weighted by Gasteiger charge is 2.26. The number of carbonyl (C=O) groups is 1. The molecular formula is C19H23N3O3S. The minimum Gasteiger partial charge on any atom is -0.397 e. The highest BCUT2D eigenvalue weighted by atomic mass is 32.2. The Balaban J connectivity index is 1.57. The van der Waals surface area contributed by atoms with Gasteiger partial charge in [0.05, 0.1) is 16.3 Å². The van der Waals surface area contributed by atoms with Gasteiger partial charge < -0.3 is 11.1 Å². The summed E-state index contributed by atoms with van der Waals surface area (Å²) in [7, 11) is -3.39. The lowest BCUT2D eigenvalue weighted by atomic mass is 10.1. The second kappa shape index (κ2) is 7.88. The molecule has 0 spiro atoms. The van der Waals surface area contributed by atoms with Crippen LogP contribution in [0.5, 0.6) is 0 Å². The largest absolute Gasteiger partial charge is 0.397 e. The van der Waals surface area contributed by atoms with Crippen LogP contribution in [-0.2, 0) is 21.2 Å². The molecule has 26 heavy (non-hydrogen) atoms. The third-order valence-electron chi connectivity index (χ3n) is 4.50. The van der Waals surface area contributed by atoms with Crippen molar-refractivity contribution >= 4 is 27.3 Å². The van der Waals surface area contributed by atoms with E-state index in [1.54, 1.807) is 36.4 Å². The minimum atomic E-state index is -3.39. The molecule has 0 aliphatic carbocycles. The second-order valence-electron chi connectivity index (χ2n) is 6.39. The average molecular weight is 373 g/mol. The van der Waals surface area contributed by atoms with Crippen LogP contribution in [0.25, 0.3) is 0 Å². The molecule has 0 aromatic heterocycles. The van der Waals surface area contributed by atoms with Crippen molar-refractivity contribution in [2.24, 2.45) is 0 Å². The van der Waals surface area contributed by atoms with Crippen molar-refractivity contribution in [3.63, 3.8) is 0 Å². The van der Waals surface area contributed by atoms with Crippen LogP contribution in [0, 0.1) is 0 Å². The molecule has 3 rings (SSSR count). The number of amides is 1. The third kappa shape index (κ3) is 4.23. The fourth-order valence-corrected chi connectivity index (χ4v) is 4.50. The zero-order valence-electron chi connectivity index (χ0n) is 14.5. The maximum Gasteiger partial charge on any atom is 0.243 e. The first kappa shape index (κ1) is 18.4. The van der Waals surface area contributed by atoms with Gasteiger partial charge in [-0.25, -0.2) is 8.42 Å². The maximum absolute atomic E-state index is 12.5. The van der Waals surface area contributed by atoms with E-state index in [9.17, 15) is 13.2 Å².